The summed E-state index contributed by atoms with van der Waals surface area (Å²) >= 11 is 0. The van der Waals surface area contributed by atoms with E-state index in [9.17, 15) is 14.0 Å². The van der Waals surface area contributed by atoms with E-state index in [0.29, 0.717) is 11.3 Å². The lowest BCUT2D eigenvalue weighted by atomic mass is 10.2. The van der Waals surface area contributed by atoms with Crippen molar-refractivity contribution in [2.75, 3.05) is 10.6 Å². The van der Waals surface area contributed by atoms with Gasteiger partial charge in [0, 0.05) is 6.20 Å². The van der Waals surface area contributed by atoms with Crippen LogP contribution in [0.15, 0.2) is 79.1 Å². The molecule has 0 aliphatic carbocycles. The summed E-state index contributed by atoms with van der Waals surface area (Å²) in [7, 11) is 0. The van der Waals surface area contributed by atoms with Crippen molar-refractivity contribution in [2.24, 2.45) is 0 Å². The highest BCUT2D eigenvalue weighted by Crippen LogP contribution is 2.25. The van der Waals surface area contributed by atoms with Crippen molar-refractivity contribution >= 4 is 23.2 Å². The van der Waals surface area contributed by atoms with E-state index in [1.807, 2.05) is 30.3 Å². The summed E-state index contributed by atoms with van der Waals surface area (Å²) < 4.78 is 15.5. The van der Waals surface area contributed by atoms with Crippen molar-refractivity contribution in [3.05, 3.63) is 102 Å². The first-order chi connectivity index (χ1) is 15.0. The molecule has 2 aromatic heterocycles. The number of aromatic nitrogens is 3. The summed E-state index contributed by atoms with van der Waals surface area (Å²) in [6.45, 7) is 1.77. The van der Waals surface area contributed by atoms with Crippen LogP contribution >= 0.6 is 0 Å². The monoisotopic (exact) mass is 415 g/mol. The molecular weight excluding hydrogens is 397 g/mol. The highest BCUT2D eigenvalue weighted by Gasteiger charge is 2.18. The molecule has 4 aromatic rings. The molecule has 0 aliphatic heterocycles. The van der Waals surface area contributed by atoms with E-state index >= 15 is 0 Å². The smallest absolute Gasteiger partial charge is 0.274 e. The number of hydrogen-bond donors (Lipinski definition) is 2. The SMILES string of the molecule is Cc1c(C(=O)Nc2cc(F)ccc2NC(=O)c2ccccn2)cnn1-c1ccccc1. The highest BCUT2D eigenvalue weighted by atomic mass is 19.1. The Hall–Kier alpha value is -4.33. The number of pyridine rings is 1. The van der Waals surface area contributed by atoms with Gasteiger partial charge in [0.2, 0.25) is 0 Å². The van der Waals surface area contributed by atoms with Crippen LogP contribution in [0.2, 0.25) is 0 Å². The Bertz CT molecular complexity index is 1240. The van der Waals surface area contributed by atoms with Gasteiger partial charge in [-0.15, -0.1) is 0 Å². The zero-order valence-electron chi connectivity index (χ0n) is 16.5. The molecule has 0 saturated carbocycles. The van der Waals surface area contributed by atoms with Crippen LogP contribution in [0.25, 0.3) is 5.69 Å². The van der Waals surface area contributed by atoms with Gasteiger partial charge in [0.25, 0.3) is 11.8 Å². The average molecular weight is 415 g/mol. The summed E-state index contributed by atoms with van der Waals surface area (Å²) in [6.07, 6.45) is 2.94. The molecule has 0 fully saturated rings. The number of halogens is 1. The second-order valence-corrected chi connectivity index (χ2v) is 6.70. The molecule has 0 spiro atoms. The first-order valence-electron chi connectivity index (χ1n) is 9.46. The molecule has 0 atom stereocenters. The zero-order chi connectivity index (χ0) is 21.8. The Morgan fingerprint density at radius 2 is 1.65 bits per heavy atom. The maximum atomic E-state index is 13.9. The van der Waals surface area contributed by atoms with E-state index < -0.39 is 17.6 Å². The highest BCUT2D eigenvalue weighted by molar-refractivity contribution is 6.09. The van der Waals surface area contributed by atoms with Crippen LogP contribution in [0.1, 0.15) is 26.5 Å². The van der Waals surface area contributed by atoms with Crippen molar-refractivity contribution < 1.29 is 14.0 Å². The van der Waals surface area contributed by atoms with E-state index in [-0.39, 0.29) is 17.1 Å². The van der Waals surface area contributed by atoms with Gasteiger partial charge in [0.15, 0.2) is 0 Å². The standard InChI is InChI=1S/C23H18FN5O2/c1-15-18(14-26-29(15)17-7-3-2-4-8-17)22(30)28-21-13-16(24)10-11-19(21)27-23(31)20-9-5-6-12-25-20/h2-14H,1H3,(H,27,31)(H,28,30). The summed E-state index contributed by atoms with van der Waals surface area (Å²) in [4.78, 5) is 29.3. The minimum absolute atomic E-state index is 0.126. The molecule has 31 heavy (non-hydrogen) atoms. The van der Waals surface area contributed by atoms with Gasteiger partial charge < -0.3 is 10.6 Å². The molecule has 2 aromatic carbocycles. The van der Waals surface area contributed by atoms with Crippen LogP contribution in [0.5, 0.6) is 0 Å². The second-order valence-electron chi connectivity index (χ2n) is 6.70. The molecule has 0 aliphatic rings. The second kappa shape index (κ2) is 8.58. The molecule has 154 valence electrons. The quantitative estimate of drug-likeness (QED) is 0.511. The lowest BCUT2D eigenvalue weighted by Gasteiger charge is -2.12. The third-order valence-corrected chi connectivity index (χ3v) is 4.63. The number of benzene rings is 2. The van der Waals surface area contributed by atoms with Gasteiger partial charge in [-0.2, -0.15) is 5.10 Å². The molecule has 4 rings (SSSR count). The number of carbonyl (C=O) groups excluding carboxylic acids is 2. The van der Waals surface area contributed by atoms with Gasteiger partial charge in [-0.3, -0.25) is 14.6 Å². The number of para-hydroxylation sites is 1. The number of amides is 2. The van der Waals surface area contributed by atoms with Crippen LogP contribution in [0, 0.1) is 12.7 Å². The Kier molecular flexibility index (Phi) is 5.53. The number of carbonyl (C=O) groups is 2. The maximum absolute atomic E-state index is 13.9. The molecule has 0 bridgehead atoms. The Labute approximate surface area is 177 Å². The molecular formula is C23H18FN5O2. The zero-order valence-corrected chi connectivity index (χ0v) is 16.5. The van der Waals surface area contributed by atoms with Gasteiger partial charge >= 0.3 is 0 Å². The number of rotatable bonds is 5. The Balaban J connectivity index is 1.58. The number of hydrogen-bond acceptors (Lipinski definition) is 4. The van der Waals surface area contributed by atoms with Crippen molar-refractivity contribution in [3.8, 4) is 5.69 Å². The van der Waals surface area contributed by atoms with E-state index in [4.69, 9.17) is 0 Å². The van der Waals surface area contributed by atoms with Gasteiger partial charge in [-0.05, 0) is 49.4 Å². The van der Waals surface area contributed by atoms with Gasteiger partial charge in [-0.1, -0.05) is 24.3 Å². The maximum Gasteiger partial charge on any atom is 0.274 e. The van der Waals surface area contributed by atoms with Gasteiger partial charge in [0.1, 0.15) is 11.5 Å². The van der Waals surface area contributed by atoms with E-state index in [0.717, 1.165) is 11.8 Å². The van der Waals surface area contributed by atoms with E-state index in [1.165, 1.54) is 24.5 Å². The third kappa shape index (κ3) is 4.32. The lowest BCUT2D eigenvalue weighted by Crippen LogP contribution is -2.18. The van der Waals surface area contributed by atoms with E-state index in [1.54, 1.807) is 29.8 Å². The largest absolute Gasteiger partial charge is 0.320 e. The van der Waals surface area contributed by atoms with Gasteiger partial charge in [0.05, 0.1) is 34.5 Å². The number of nitrogens with zero attached hydrogens (tertiary/aromatic N) is 3. The fourth-order valence-electron chi connectivity index (χ4n) is 3.06. The molecule has 0 saturated heterocycles. The summed E-state index contributed by atoms with van der Waals surface area (Å²) in [5.41, 5.74) is 2.34. The fraction of sp³-hybridized carbons (Fsp3) is 0.0435. The minimum atomic E-state index is -0.553. The molecule has 2 heterocycles. The average Bonchev–Trinajstić information content (AvgIpc) is 3.18. The Morgan fingerprint density at radius 3 is 2.39 bits per heavy atom. The molecule has 2 amide bonds. The van der Waals surface area contributed by atoms with Crippen molar-refractivity contribution in [1.82, 2.24) is 14.8 Å². The van der Waals surface area contributed by atoms with Crippen LogP contribution in [-0.4, -0.2) is 26.6 Å². The topological polar surface area (TPSA) is 88.9 Å². The van der Waals surface area contributed by atoms with Crippen molar-refractivity contribution in [3.63, 3.8) is 0 Å². The predicted octanol–water partition coefficient (Wildman–Crippen LogP) is 4.22. The minimum Gasteiger partial charge on any atom is -0.320 e. The fourth-order valence-corrected chi connectivity index (χ4v) is 3.06. The Morgan fingerprint density at radius 1 is 0.903 bits per heavy atom. The number of nitrogens with one attached hydrogen (secondary N) is 2. The molecule has 8 heteroatoms. The van der Waals surface area contributed by atoms with Crippen LogP contribution in [0.4, 0.5) is 15.8 Å². The molecule has 0 radical (unpaired) electrons. The molecule has 0 unspecified atom stereocenters. The lowest BCUT2D eigenvalue weighted by molar-refractivity contribution is 0.101. The van der Waals surface area contributed by atoms with Crippen LogP contribution in [-0.2, 0) is 0 Å². The first-order valence-corrected chi connectivity index (χ1v) is 9.46. The normalized spacial score (nSPS) is 10.5. The van der Waals surface area contributed by atoms with Gasteiger partial charge in [-0.25, -0.2) is 9.07 Å². The summed E-state index contributed by atoms with van der Waals surface area (Å²) in [5, 5.41) is 9.60. The van der Waals surface area contributed by atoms with Crippen molar-refractivity contribution in [1.29, 1.82) is 0 Å². The first kappa shape index (κ1) is 20.0. The van der Waals surface area contributed by atoms with Crippen LogP contribution < -0.4 is 10.6 Å². The predicted molar refractivity (Wildman–Crippen MR) is 115 cm³/mol. The van der Waals surface area contributed by atoms with Crippen molar-refractivity contribution in [2.45, 2.75) is 6.92 Å². The number of anilines is 2. The summed E-state index contributed by atoms with van der Waals surface area (Å²) in [6, 6.07) is 18.0. The molecule has 2 N–H and O–H groups in total. The molecule has 7 nitrogen and oxygen atoms in total. The third-order valence-electron chi connectivity index (χ3n) is 4.63. The summed E-state index contributed by atoms with van der Waals surface area (Å²) in [5.74, 6) is -1.50. The van der Waals surface area contributed by atoms with Crippen LogP contribution in [0.3, 0.4) is 0 Å². The van der Waals surface area contributed by atoms with E-state index in [2.05, 4.69) is 20.7 Å².